The number of ketones is 2. The van der Waals surface area contributed by atoms with Gasteiger partial charge < -0.3 is 4.79 Å². The van der Waals surface area contributed by atoms with E-state index in [4.69, 9.17) is 0 Å². The molecule has 2 atom stereocenters. The van der Waals surface area contributed by atoms with Gasteiger partial charge in [-0.05, 0) is 25.2 Å². The molecule has 2 rings (SSSR count). The fourth-order valence-electron chi connectivity index (χ4n) is 2.79. The first kappa shape index (κ1) is 10.5. The van der Waals surface area contributed by atoms with Crippen molar-refractivity contribution in [3.63, 3.8) is 0 Å². The molecule has 0 bridgehead atoms. The van der Waals surface area contributed by atoms with Crippen LogP contribution in [0.1, 0.15) is 33.1 Å². The Morgan fingerprint density at radius 3 is 2.33 bits per heavy atom. The number of hydrogen-bond donors (Lipinski definition) is 0. The quantitative estimate of drug-likeness (QED) is 0.509. The van der Waals surface area contributed by atoms with Crippen LogP contribution in [0.4, 0.5) is 0 Å². The predicted octanol–water partition coefficient (Wildman–Crippen LogP) is 1.40. The first-order chi connectivity index (χ1) is 7.02. The molecule has 2 aliphatic carbocycles. The van der Waals surface area contributed by atoms with Crippen molar-refractivity contribution >= 4 is 17.9 Å². The summed E-state index contributed by atoms with van der Waals surface area (Å²) in [5.74, 6) is -1.04. The molecular formula is C12H16O3. The minimum atomic E-state index is -0.423. The highest BCUT2D eigenvalue weighted by molar-refractivity contribution is 6.41. The summed E-state index contributed by atoms with van der Waals surface area (Å²) in [5.41, 5.74) is -0.423. The Morgan fingerprint density at radius 2 is 1.93 bits per heavy atom. The molecule has 0 heterocycles. The first-order valence-corrected chi connectivity index (χ1v) is 5.56. The van der Waals surface area contributed by atoms with Gasteiger partial charge in [0.15, 0.2) is 0 Å². The summed E-state index contributed by atoms with van der Waals surface area (Å²) in [6.45, 7) is 3.80. The van der Waals surface area contributed by atoms with Gasteiger partial charge in [0.2, 0.25) is 11.6 Å². The second-order valence-electron chi connectivity index (χ2n) is 5.25. The lowest BCUT2D eigenvalue weighted by Gasteiger charge is -2.33. The van der Waals surface area contributed by atoms with Crippen LogP contribution in [0.15, 0.2) is 0 Å². The smallest absolute Gasteiger partial charge is 0.204 e. The molecule has 0 aromatic heterocycles. The molecular weight excluding hydrogens is 192 g/mol. The van der Waals surface area contributed by atoms with Crippen LogP contribution in [0.3, 0.4) is 0 Å². The molecule has 3 heteroatoms. The van der Waals surface area contributed by atoms with Crippen molar-refractivity contribution in [2.45, 2.75) is 33.1 Å². The molecule has 0 amide bonds. The molecule has 0 aromatic rings. The molecule has 15 heavy (non-hydrogen) atoms. The molecule has 0 N–H and O–H groups in total. The number of carbonyl (C=O) groups is 3. The van der Waals surface area contributed by atoms with Crippen LogP contribution in [-0.2, 0) is 14.4 Å². The van der Waals surface area contributed by atoms with Crippen LogP contribution < -0.4 is 0 Å². The first-order valence-electron chi connectivity index (χ1n) is 5.56. The van der Waals surface area contributed by atoms with Crippen LogP contribution in [0.25, 0.3) is 0 Å². The molecule has 0 saturated heterocycles. The molecule has 0 aromatic carbocycles. The van der Waals surface area contributed by atoms with Gasteiger partial charge in [0.25, 0.3) is 0 Å². The largest absolute Gasteiger partial charge is 0.303 e. The van der Waals surface area contributed by atoms with E-state index in [1.54, 1.807) is 0 Å². The summed E-state index contributed by atoms with van der Waals surface area (Å²) >= 11 is 0. The maximum Gasteiger partial charge on any atom is 0.204 e. The van der Waals surface area contributed by atoms with E-state index >= 15 is 0 Å². The van der Waals surface area contributed by atoms with Crippen LogP contribution in [0, 0.1) is 23.2 Å². The molecule has 1 spiro atoms. The zero-order valence-electron chi connectivity index (χ0n) is 9.16. The van der Waals surface area contributed by atoms with Crippen molar-refractivity contribution in [3.8, 4) is 0 Å². The van der Waals surface area contributed by atoms with E-state index < -0.39 is 5.41 Å². The standard InChI is InChI=1S/C12H16O3/c1-7(2)9-8(6-13)5-12(3-4-12)11(15)10(9)14/h6-9H,3-5H2,1-2H3. The van der Waals surface area contributed by atoms with Crippen molar-refractivity contribution < 1.29 is 14.4 Å². The maximum atomic E-state index is 11.9. The van der Waals surface area contributed by atoms with Gasteiger partial charge in [-0.1, -0.05) is 13.8 Å². The van der Waals surface area contributed by atoms with Gasteiger partial charge >= 0.3 is 0 Å². The molecule has 82 valence electrons. The van der Waals surface area contributed by atoms with Crippen LogP contribution in [0.5, 0.6) is 0 Å². The van der Waals surface area contributed by atoms with Crippen molar-refractivity contribution in [1.29, 1.82) is 0 Å². The predicted molar refractivity (Wildman–Crippen MR) is 54.2 cm³/mol. The summed E-state index contributed by atoms with van der Waals surface area (Å²) in [5, 5.41) is 0. The highest BCUT2D eigenvalue weighted by atomic mass is 16.2. The maximum absolute atomic E-state index is 11.9. The topological polar surface area (TPSA) is 51.2 Å². The average molecular weight is 208 g/mol. The van der Waals surface area contributed by atoms with E-state index in [0.717, 1.165) is 19.1 Å². The Labute approximate surface area is 89.2 Å². The second-order valence-corrected chi connectivity index (χ2v) is 5.25. The van der Waals surface area contributed by atoms with Gasteiger partial charge in [0.05, 0.1) is 0 Å². The fraction of sp³-hybridized carbons (Fsp3) is 0.750. The summed E-state index contributed by atoms with van der Waals surface area (Å²) in [7, 11) is 0. The monoisotopic (exact) mass is 208 g/mol. The average Bonchev–Trinajstić information content (AvgIpc) is 2.94. The van der Waals surface area contributed by atoms with Gasteiger partial charge in [-0.15, -0.1) is 0 Å². The minimum Gasteiger partial charge on any atom is -0.303 e. The van der Waals surface area contributed by atoms with Crippen molar-refractivity contribution in [2.75, 3.05) is 0 Å². The summed E-state index contributed by atoms with van der Waals surface area (Å²) in [4.78, 5) is 34.7. The summed E-state index contributed by atoms with van der Waals surface area (Å²) in [6, 6.07) is 0. The van der Waals surface area contributed by atoms with Gasteiger partial charge in [-0.3, -0.25) is 9.59 Å². The number of hydrogen-bond acceptors (Lipinski definition) is 3. The number of aldehydes is 1. The Bertz CT molecular complexity index is 326. The zero-order valence-corrected chi connectivity index (χ0v) is 9.16. The van der Waals surface area contributed by atoms with Gasteiger partial charge in [0.1, 0.15) is 6.29 Å². The van der Waals surface area contributed by atoms with Gasteiger partial charge in [-0.2, -0.15) is 0 Å². The Kier molecular flexibility index (Phi) is 2.28. The van der Waals surface area contributed by atoms with E-state index in [0.29, 0.717) is 6.42 Å². The highest BCUT2D eigenvalue weighted by Gasteiger charge is 2.59. The molecule has 2 fully saturated rings. The Morgan fingerprint density at radius 1 is 1.33 bits per heavy atom. The van der Waals surface area contributed by atoms with Crippen molar-refractivity contribution in [3.05, 3.63) is 0 Å². The molecule has 0 radical (unpaired) electrons. The molecule has 0 aliphatic heterocycles. The molecule has 2 unspecified atom stereocenters. The second kappa shape index (κ2) is 3.26. The van der Waals surface area contributed by atoms with E-state index in [-0.39, 0.29) is 29.3 Å². The summed E-state index contributed by atoms with van der Waals surface area (Å²) < 4.78 is 0. The third-order valence-electron chi connectivity index (χ3n) is 3.84. The molecule has 2 saturated carbocycles. The van der Waals surface area contributed by atoms with E-state index in [2.05, 4.69) is 0 Å². The lowest BCUT2D eigenvalue weighted by molar-refractivity contribution is -0.149. The van der Waals surface area contributed by atoms with Gasteiger partial charge in [0, 0.05) is 17.3 Å². The van der Waals surface area contributed by atoms with Crippen molar-refractivity contribution in [2.24, 2.45) is 23.2 Å². The summed E-state index contributed by atoms with van der Waals surface area (Å²) in [6.07, 6.45) is 3.07. The van der Waals surface area contributed by atoms with E-state index in [9.17, 15) is 14.4 Å². The lowest BCUT2D eigenvalue weighted by Crippen LogP contribution is -2.45. The number of Topliss-reactive ketones (excluding diaryl/α,β-unsaturated/α-hetero) is 2. The van der Waals surface area contributed by atoms with Crippen LogP contribution >= 0.6 is 0 Å². The van der Waals surface area contributed by atoms with E-state index in [1.807, 2.05) is 13.8 Å². The van der Waals surface area contributed by atoms with Crippen LogP contribution in [-0.4, -0.2) is 17.9 Å². The number of rotatable bonds is 2. The van der Waals surface area contributed by atoms with Gasteiger partial charge in [-0.25, -0.2) is 0 Å². The Hall–Kier alpha value is -0.990. The third kappa shape index (κ3) is 1.45. The highest BCUT2D eigenvalue weighted by Crippen LogP contribution is 2.56. The lowest BCUT2D eigenvalue weighted by atomic mass is 9.67. The van der Waals surface area contributed by atoms with E-state index in [1.165, 1.54) is 0 Å². The Balaban J connectivity index is 2.29. The minimum absolute atomic E-state index is 0.0766. The zero-order chi connectivity index (χ0) is 11.2. The van der Waals surface area contributed by atoms with Crippen molar-refractivity contribution in [1.82, 2.24) is 0 Å². The fourth-order valence-corrected chi connectivity index (χ4v) is 2.79. The molecule has 2 aliphatic rings. The normalized spacial score (nSPS) is 33.5. The third-order valence-corrected chi connectivity index (χ3v) is 3.84. The SMILES string of the molecule is CC(C)C1C(=O)C(=O)C2(CC2)CC1C=O. The number of carbonyl (C=O) groups excluding carboxylic acids is 3. The molecule has 3 nitrogen and oxygen atoms in total. The van der Waals surface area contributed by atoms with Crippen LogP contribution in [0.2, 0.25) is 0 Å².